The van der Waals surface area contributed by atoms with Gasteiger partial charge in [-0.3, -0.25) is 14.4 Å². The number of nitrogens with one attached hydrogen (secondary N) is 4. The summed E-state index contributed by atoms with van der Waals surface area (Å²) in [6, 6.07) is 14.9. The normalized spacial score (nSPS) is 13.2. The number of hydrogen-bond donors (Lipinski definition) is 4. The lowest BCUT2D eigenvalue weighted by atomic mass is 10.1. The van der Waals surface area contributed by atoms with Crippen molar-refractivity contribution in [1.29, 1.82) is 0 Å². The van der Waals surface area contributed by atoms with Gasteiger partial charge in [-0.25, -0.2) is 4.98 Å². The summed E-state index contributed by atoms with van der Waals surface area (Å²) in [6.07, 6.45) is 4.52. The van der Waals surface area contributed by atoms with Gasteiger partial charge >= 0.3 is 0 Å². The lowest BCUT2D eigenvalue weighted by molar-refractivity contribution is -0.132. The quantitative estimate of drug-likeness (QED) is 0.292. The molecule has 4 N–H and O–H groups in total. The number of halogens is 1. The molecule has 1 aliphatic rings. The second kappa shape index (κ2) is 13.4. The fourth-order valence-electron chi connectivity index (χ4n) is 4.15. The number of carbonyl (C=O) groups excluding carboxylic acids is 3. The van der Waals surface area contributed by atoms with Crippen LogP contribution in [0.1, 0.15) is 17.3 Å². The maximum Gasteiger partial charge on any atom is 0.253 e. The minimum absolute atomic E-state index is 0.00583. The van der Waals surface area contributed by atoms with E-state index in [1.807, 2.05) is 30.3 Å². The van der Waals surface area contributed by atoms with Crippen molar-refractivity contribution in [1.82, 2.24) is 25.5 Å². The number of rotatable bonds is 9. The van der Waals surface area contributed by atoms with E-state index in [2.05, 4.69) is 36.1 Å². The molecule has 1 saturated heterocycles. The van der Waals surface area contributed by atoms with Gasteiger partial charge in [-0.2, -0.15) is 4.98 Å². The molecular formula is C28H31ClN8O3. The van der Waals surface area contributed by atoms with Gasteiger partial charge in [0.1, 0.15) is 5.02 Å². The summed E-state index contributed by atoms with van der Waals surface area (Å²) in [5, 5.41) is 11.8. The summed E-state index contributed by atoms with van der Waals surface area (Å²) in [5.41, 5.74) is 2.85. The Balaban J connectivity index is 1.34. The lowest BCUT2D eigenvalue weighted by Gasteiger charge is -2.36. The predicted octanol–water partition coefficient (Wildman–Crippen LogP) is 3.32. The molecule has 208 valence electrons. The molecule has 3 amide bonds. The number of benzene rings is 2. The van der Waals surface area contributed by atoms with Crippen molar-refractivity contribution in [2.24, 2.45) is 0 Å². The average Bonchev–Trinajstić information content (AvgIpc) is 2.98. The number of anilines is 5. The number of amides is 3. The first-order chi connectivity index (χ1) is 19.4. The Morgan fingerprint density at radius 1 is 1.00 bits per heavy atom. The zero-order valence-electron chi connectivity index (χ0n) is 22.3. The highest BCUT2D eigenvalue weighted by Crippen LogP contribution is 2.27. The number of carbonyl (C=O) groups is 3. The smallest absolute Gasteiger partial charge is 0.253 e. The Morgan fingerprint density at radius 2 is 1.73 bits per heavy atom. The van der Waals surface area contributed by atoms with Crippen LogP contribution in [0.3, 0.4) is 0 Å². The van der Waals surface area contributed by atoms with Gasteiger partial charge in [0.25, 0.3) is 5.91 Å². The maximum atomic E-state index is 12.4. The van der Waals surface area contributed by atoms with E-state index in [1.54, 1.807) is 43.1 Å². The third-order valence-electron chi connectivity index (χ3n) is 6.25. The largest absolute Gasteiger partial charge is 0.368 e. The topological polar surface area (TPSA) is 132 Å². The highest BCUT2D eigenvalue weighted by atomic mass is 35.5. The lowest BCUT2D eigenvalue weighted by Crippen LogP contribution is -2.51. The van der Waals surface area contributed by atoms with Gasteiger partial charge in [0.05, 0.1) is 24.0 Å². The molecule has 1 aliphatic heterocycles. The standard InChI is InChI=1S/C28H31ClN8O3/c1-3-6-24(38)31-18-25(39)37-15-13-36(14-16-37)20-11-9-19(10-12-20)33-28-32-17-22(29)26(35-28)34-23-8-5-4-7-21(23)27(40)30-2/h3-12,17H,13-16,18H2,1-2H3,(H,30,40)(H,31,38)(H2,32,33,34,35)/b6-3+. The third kappa shape index (κ3) is 7.26. The van der Waals surface area contributed by atoms with Crippen molar-refractivity contribution in [3.63, 3.8) is 0 Å². The summed E-state index contributed by atoms with van der Waals surface area (Å²) in [6.45, 7) is 4.28. The van der Waals surface area contributed by atoms with Crippen molar-refractivity contribution in [2.75, 3.05) is 55.3 Å². The van der Waals surface area contributed by atoms with Crippen LogP contribution in [0.5, 0.6) is 0 Å². The van der Waals surface area contributed by atoms with Crippen LogP contribution in [-0.4, -0.2) is 72.4 Å². The van der Waals surface area contributed by atoms with Crippen molar-refractivity contribution < 1.29 is 14.4 Å². The first-order valence-electron chi connectivity index (χ1n) is 12.8. The molecule has 0 bridgehead atoms. The van der Waals surface area contributed by atoms with Gasteiger partial charge in [-0.15, -0.1) is 0 Å². The van der Waals surface area contributed by atoms with E-state index < -0.39 is 0 Å². The molecule has 1 aromatic heterocycles. The van der Waals surface area contributed by atoms with Gasteiger partial charge in [-0.05, 0) is 49.4 Å². The molecule has 0 radical (unpaired) electrons. The summed E-state index contributed by atoms with van der Waals surface area (Å²) in [5.74, 6) is 0.108. The van der Waals surface area contributed by atoms with Gasteiger partial charge < -0.3 is 31.1 Å². The van der Waals surface area contributed by atoms with E-state index in [1.165, 1.54) is 12.3 Å². The summed E-state index contributed by atoms with van der Waals surface area (Å²) < 4.78 is 0. The molecule has 0 unspecified atom stereocenters. The van der Waals surface area contributed by atoms with Crippen LogP contribution in [0.15, 0.2) is 66.9 Å². The van der Waals surface area contributed by atoms with Crippen LogP contribution in [-0.2, 0) is 9.59 Å². The number of aromatic nitrogens is 2. The summed E-state index contributed by atoms with van der Waals surface area (Å²) >= 11 is 6.33. The Morgan fingerprint density at radius 3 is 2.42 bits per heavy atom. The molecule has 1 fully saturated rings. The second-order valence-corrected chi connectivity index (χ2v) is 9.30. The minimum atomic E-state index is -0.272. The fraction of sp³-hybridized carbons (Fsp3) is 0.250. The molecule has 0 saturated carbocycles. The summed E-state index contributed by atoms with van der Waals surface area (Å²) in [7, 11) is 1.57. The van der Waals surface area contributed by atoms with E-state index in [0.717, 1.165) is 11.4 Å². The molecular weight excluding hydrogens is 532 g/mol. The first kappa shape index (κ1) is 28.4. The number of para-hydroxylation sites is 1. The average molecular weight is 563 g/mol. The molecule has 40 heavy (non-hydrogen) atoms. The van der Waals surface area contributed by atoms with E-state index in [4.69, 9.17) is 11.6 Å². The maximum absolute atomic E-state index is 12.4. The summed E-state index contributed by atoms with van der Waals surface area (Å²) in [4.78, 5) is 48.9. The van der Waals surface area contributed by atoms with E-state index >= 15 is 0 Å². The third-order valence-corrected chi connectivity index (χ3v) is 6.53. The second-order valence-electron chi connectivity index (χ2n) is 8.90. The Kier molecular flexibility index (Phi) is 9.53. The van der Waals surface area contributed by atoms with Crippen molar-refractivity contribution in [3.05, 3.63) is 77.5 Å². The molecule has 0 spiro atoms. The molecule has 12 heteroatoms. The Bertz CT molecular complexity index is 1390. The molecule has 4 rings (SSSR count). The van der Waals surface area contributed by atoms with Crippen molar-refractivity contribution in [3.8, 4) is 0 Å². The Labute approximate surface area is 237 Å². The van der Waals surface area contributed by atoms with E-state index in [-0.39, 0.29) is 24.3 Å². The molecule has 0 atom stereocenters. The van der Waals surface area contributed by atoms with Crippen LogP contribution < -0.4 is 26.2 Å². The van der Waals surface area contributed by atoms with Gasteiger partial charge in [0.15, 0.2) is 5.82 Å². The number of piperazine rings is 1. The molecule has 0 aliphatic carbocycles. The van der Waals surface area contributed by atoms with Gasteiger partial charge in [-0.1, -0.05) is 29.8 Å². The first-order valence-corrected chi connectivity index (χ1v) is 13.2. The van der Waals surface area contributed by atoms with Crippen LogP contribution >= 0.6 is 11.6 Å². The van der Waals surface area contributed by atoms with Gasteiger partial charge in [0.2, 0.25) is 17.8 Å². The fourth-order valence-corrected chi connectivity index (χ4v) is 4.29. The molecule has 3 aromatic rings. The zero-order valence-corrected chi connectivity index (χ0v) is 23.0. The zero-order chi connectivity index (χ0) is 28.5. The highest BCUT2D eigenvalue weighted by molar-refractivity contribution is 6.33. The minimum Gasteiger partial charge on any atom is -0.368 e. The number of hydrogen-bond acceptors (Lipinski definition) is 8. The van der Waals surface area contributed by atoms with Crippen LogP contribution in [0.2, 0.25) is 5.02 Å². The van der Waals surface area contributed by atoms with Crippen molar-refractivity contribution in [2.45, 2.75) is 6.92 Å². The molecule has 11 nitrogen and oxygen atoms in total. The highest BCUT2D eigenvalue weighted by Gasteiger charge is 2.21. The van der Waals surface area contributed by atoms with Crippen molar-refractivity contribution >= 4 is 58.2 Å². The SMILES string of the molecule is C/C=C/C(=O)NCC(=O)N1CCN(c2ccc(Nc3ncc(Cl)c(Nc4ccccc4C(=O)NC)n3)cc2)CC1. The van der Waals surface area contributed by atoms with Crippen LogP contribution in [0.4, 0.5) is 28.8 Å². The predicted molar refractivity (Wildman–Crippen MR) is 156 cm³/mol. The van der Waals surface area contributed by atoms with Gasteiger partial charge in [0, 0.05) is 44.6 Å². The van der Waals surface area contributed by atoms with Crippen LogP contribution in [0, 0.1) is 0 Å². The number of allylic oxidation sites excluding steroid dienone is 1. The number of nitrogens with zero attached hydrogens (tertiary/aromatic N) is 4. The molecule has 2 aromatic carbocycles. The van der Waals surface area contributed by atoms with E-state index in [9.17, 15) is 14.4 Å². The van der Waals surface area contributed by atoms with Crippen LogP contribution in [0.25, 0.3) is 0 Å². The van der Waals surface area contributed by atoms with E-state index in [0.29, 0.717) is 54.2 Å². The monoisotopic (exact) mass is 562 g/mol. The Hall–Kier alpha value is -4.64. The molecule has 2 heterocycles.